The Bertz CT molecular complexity index is 288. The Hall–Kier alpha value is -0.530. The Kier molecular flexibility index (Phi) is 3.09. The van der Waals surface area contributed by atoms with Gasteiger partial charge in [-0.3, -0.25) is 0 Å². The molecule has 1 nitrogen and oxygen atoms in total. The fourth-order valence-corrected chi connectivity index (χ4v) is 2.34. The van der Waals surface area contributed by atoms with Gasteiger partial charge in [0.25, 0.3) is 0 Å². The second-order valence-corrected chi connectivity index (χ2v) is 4.60. The van der Waals surface area contributed by atoms with Crippen LogP contribution in [0.4, 0.5) is 0 Å². The van der Waals surface area contributed by atoms with Gasteiger partial charge in [-0.15, -0.1) is 0 Å². The van der Waals surface area contributed by atoms with E-state index in [0.717, 1.165) is 23.4 Å². The van der Waals surface area contributed by atoms with E-state index < -0.39 is 0 Å². The van der Waals surface area contributed by atoms with E-state index in [1.54, 1.807) is 0 Å². The van der Waals surface area contributed by atoms with E-state index in [-0.39, 0.29) is 0 Å². The summed E-state index contributed by atoms with van der Waals surface area (Å²) in [6, 6.07) is 8.25. The molecule has 1 aliphatic carbocycles. The summed E-state index contributed by atoms with van der Waals surface area (Å²) in [5, 5.41) is 0.826. The zero-order chi connectivity index (χ0) is 9.97. The molecule has 1 fully saturated rings. The highest BCUT2D eigenvalue weighted by Crippen LogP contribution is 2.43. The van der Waals surface area contributed by atoms with Crippen LogP contribution in [0.3, 0.4) is 0 Å². The lowest BCUT2D eigenvalue weighted by molar-refractivity contribution is 0.251. The second kappa shape index (κ2) is 4.33. The van der Waals surface area contributed by atoms with Crippen LogP contribution in [0.15, 0.2) is 24.3 Å². The van der Waals surface area contributed by atoms with E-state index in [2.05, 4.69) is 12.1 Å². The van der Waals surface area contributed by atoms with Crippen LogP contribution in [0.5, 0.6) is 0 Å². The quantitative estimate of drug-likeness (QED) is 0.813. The third-order valence-electron chi connectivity index (χ3n) is 3.15. The molecule has 1 aromatic rings. The molecule has 1 saturated carbocycles. The molecule has 0 aromatic heterocycles. The van der Waals surface area contributed by atoms with Crippen LogP contribution < -0.4 is 5.73 Å². The molecule has 1 aromatic carbocycles. The average Bonchev–Trinajstić information content (AvgIpc) is 2.13. The molecule has 0 heterocycles. The number of hydrogen-bond donors (Lipinski definition) is 1. The van der Waals surface area contributed by atoms with Crippen molar-refractivity contribution in [3.05, 3.63) is 34.9 Å². The predicted octanol–water partition coefficient (Wildman–Crippen LogP) is 3.18. The molecular formula is C12H16ClN. The van der Waals surface area contributed by atoms with E-state index in [1.165, 1.54) is 24.8 Å². The van der Waals surface area contributed by atoms with Crippen molar-refractivity contribution in [3.63, 3.8) is 0 Å². The third kappa shape index (κ3) is 2.10. The normalized spacial score (nSPS) is 25.9. The standard InChI is InChI=1S/C12H16ClN/c13-12-3-1-10(2-4-12)11-7-9(8-11)5-6-14/h1-4,9,11H,5-8,14H2. The van der Waals surface area contributed by atoms with E-state index in [4.69, 9.17) is 17.3 Å². The first-order valence-electron chi connectivity index (χ1n) is 5.25. The lowest BCUT2D eigenvalue weighted by atomic mass is 9.70. The summed E-state index contributed by atoms with van der Waals surface area (Å²) in [6.45, 7) is 0.831. The van der Waals surface area contributed by atoms with Crippen molar-refractivity contribution in [1.82, 2.24) is 0 Å². The van der Waals surface area contributed by atoms with Gasteiger partial charge in [0.2, 0.25) is 0 Å². The number of nitrogens with two attached hydrogens (primary N) is 1. The van der Waals surface area contributed by atoms with Crippen molar-refractivity contribution in [3.8, 4) is 0 Å². The smallest absolute Gasteiger partial charge is 0.0406 e. The first kappa shape index (κ1) is 10.0. The maximum Gasteiger partial charge on any atom is 0.0406 e. The zero-order valence-corrected chi connectivity index (χ0v) is 9.00. The fourth-order valence-electron chi connectivity index (χ4n) is 2.21. The summed E-state index contributed by atoms with van der Waals surface area (Å²) in [6.07, 6.45) is 3.79. The maximum atomic E-state index is 5.84. The molecule has 0 atom stereocenters. The van der Waals surface area contributed by atoms with Gasteiger partial charge in [0.1, 0.15) is 0 Å². The fraction of sp³-hybridized carbons (Fsp3) is 0.500. The Morgan fingerprint density at radius 2 is 1.86 bits per heavy atom. The lowest BCUT2D eigenvalue weighted by Crippen LogP contribution is -2.24. The Labute approximate surface area is 90.3 Å². The molecule has 1 aliphatic rings. The minimum absolute atomic E-state index is 0.754. The predicted molar refractivity (Wildman–Crippen MR) is 60.6 cm³/mol. The van der Waals surface area contributed by atoms with Gasteiger partial charge in [-0.1, -0.05) is 23.7 Å². The maximum absolute atomic E-state index is 5.84. The Morgan fingerprint density at radius 1 is 1.21 bits per heavy atom. The van der Waals surface area contributed by atoms with Gasteiger partial charge in [-0.25, -0.2) is 0 Å². The lowest BCUT2D eigenvalue weighted by Gasteiger charge is -2.35. The van der Waals surface area contributed by atoms with E-state index in [9.17, 15) is 0 Å². The molecule has 2 rings (SSSR count). The number of halogens is 1. The van der Waals surface area contributed by atoms with Crippen LogP contribution in [0.2, 0.25) is 5.02 Å². The van der Waals surface area contributed by atoms with Crippen LogP contribution >= 0.6 is 11.6 Å². The first-order chi connectivity index (χ1) is 6.79. The summed E-state index contributed by atoms with van der Waals surface area (Å²) in [5.74, 6) is 1.62. The van der Waals surface area contributed by atoms with Crippen molar-refractivity contribution in [2.75, 3.05) is 6.54 Å². The molecule has 0 amide bonds. The minimum atomic E-state index is 0.754. The van der Waals surface area contributed by atoms with Gasteiger partial charge in [0, 0.05) is 5.02 Å². The molecule has 2 heteroatoms. The number of rotatable bonds is 3. The molecule has 0 bridgehead atoms. The van der Waals surface area contributed by atoms with Crippen molar-refractivity contribution in [2.45, 2.75) is 25.2 Å². The van der Waals surface area contributed by atoms with Crippen LogP contribution in [0.1, 0.15) is 30.7 Å². The third-order valence-corrected chi connectivity index (χ3v) is 3.40. The molecule has 76 valence electrons. The van der Waals surface area contributed by atoms with Crippen LogP contribution in [0.25, 0.3) is 0 Å². The first-order valence-corrected chi connectivity index (χ1v) is 5.63. The van der Waals surface area contributed by atoms with E-state index in [0.29, 0.717) is 0 Å². The van der Waals surface area contributed by atoms with Gasteiger partial charge >= 0.3 is 0 Å². The number of benzene rings is 1. The van der Waals surface area contributed by atoms with Crippen molar-refractivity contribution in [1.29, 1.82) is 0 Å². The minimum Gasteiger partial charge on any atom is -0.330 e. The molecule has 0 radical (unpaired) electrons. The largest absolute Gasteiger partial charge is 0.330 e. The van der Waals surface area contributed by atoms with Crippen LogP contribution in [-0.4, -0.2) is 6.54 Å². The second-order valence-electron chi connectivity index (χ2n) is 4.16. The summed E-state index contributed by atoms with van der Waals surface area (Å²) in [5.41, 5.74) is 6.96. The van der Waals surface area contributed by atoms with Crippen molar-refractivity contribution < 1.29 is 0 Å². The highest BCUT2D eigenvalue weighted by Gasteiger charge is 2.29. The molecule has 0 aliphatic heterocycles. The van der Waals surface area contributed by atoms with Crippen molar-refractivity contribution >= 4 is 11.6 Å². The summed E-state index contributed by atoms with van der Waals surface area (Å²) in [7, 11) is 0. The summed E-state index contributed by atoms with van der Waals surface area (Å²) < 4.78 is 0. The summed E-state index contributed by atoms with van der Waals surface area (Å²) in [4.78, 5) is 0. The van der Waals surface area contributed by atoms with E-state index >= 15 is 0 Å². The molecule has 0 saturated heterocycles. The van der Waals surface area contributed by atoms with Crippen molar-refractivity contribution in [2.24, 2.45) is 11.7 Å². The van der Waals surface area contributed by atoms with Gasteiger partial charge in [0.05, 0.1) is 0 Å². The van der Waals surface area contributed by atoms with E-state index in [1.807, 2.05) is 12.1 Å². The average molecular weight is 210 g/mol. The van der Waals surface area contributed by atoms with Gasteiger partial charge in [-0.2, -0.15) is 0 Å². The monoisotopic (exact) mass is 209 g/mol. The molecule has 14 heavy (non-hydrogen) atoms. The van der Waals surface area contributed by atoms with Gasteiger partial charge < -0.3 is 5.73 Å². The molecule has 0 unspecified atom stereocenters. The van der Waals surface area contributed by atoms with Crippen LogP contribution in [0, 0.1) is 5.92 Å². The Morgan fingerprint density at radius 3 is 2.43 bits per heavy atom. The zero-order valence-electron chi connectivity index (χ0n) is 8.25. The SMILES string of the molecule is NCCC1CC(c2ccc(Cl)cc2)C1. The summed E-state index contributed by atoms with van der Waals surface area (Å²) >= 11 is 5.84. The molecule has 2 N–H and O–H groups in total. The number of hydrogen-bond acceptors (Lipinski definition) is 1. The van der Waals surface area contributed by atoms with Gasteiger partial charge in [0.15, 0.2) is 0 Å². The Balaban J connectivity index is 1.90. The molecule has 0 spiro atoms. The molecular weight excluding hydrogens is 194 g/mol. The highest BCUT2D eigenvalue weighted by molar-refractivity contribution is 6.30. The topological polar surface area (TPSA) is 26.0 Å². The van der Waals surface area contributed by atoms with Gasteiger partial charge in [-0.05, 0) is 55.3 Å². The van der Waals surface area contributed by atoms with Crippen LogP contribution in [-0.2, 0) is 0 Å². The highest BCUT2D eigenvalue weighted by atomic mass is 35.5.